The molecule has 80 valence electrons. The van der Waals surface area contributed by atoms with Gasteiger partial charge in [0.25, 0.3) is 0 Å². The van der Waals surface area contributed by atoms with Crippen molar-refractivity contribution >= 4 is 0 Å². The number of rotatable bonds is 6. The Morgan fingerprint density at radius 1 is 0.846 bits per heavy atom. The smallest absolute Gasteiger partial charge is 0.0340 e. The zero-order valence-corrected chi connectivity index (χ0v) is 10.4. The molecule has 0 amide bonds. The standard InChI is InChI=1S/C13H28/c1-7-9-12(8-2)13(10(3)4)11(5)6/h10-13H,7-9H2,1-6H3. The van der Waals surface area contributed by atoms with Gasteiger partial charge < -0.3 is 0 Å². The Labute approximate surface area is 85.1 Å². The first kappa shape index (κ1) is 13.0. The van der Waals surface area contributed by atoms with Crippen LogP contribution in [0.4, 0.5) is 0 Å². The molecule has 0 aromatic heterocycles. The van der Waals surface area contributed by atoms with Crippen molar-refractivity contribution in [2.75, 3.05) is 0 Å². The van der Waals surface area contributed by atoms with E-state index in [1.165, 1.54) is 19.3 Å². The molecule has 0 nitrogen and oxygen atoms in total. The maximum Gasteiger partial charge on any atom is -0.0340 e. The van der Waals surface area contributed by atoms with Gasteiger partial charge >= 0.3 is 0 Å². The summed E-state index contributed by atoms with van der Waals surface area (Å²) in [7, 11) is 0. The van der Waals surface area contributed by atoms with Crippen LogP contribution in [0.5, 0.6) is 0 Å². The molecule has 1 atom stereocenters. The molecule has 0 aliphatic rings. The average Bonchev–Trinajstić information content (AvgIpc) is 2.02. The van der Waals surface area contributed by atoms with E-state index in [1.54, 1.807) is 0 Å². The first-order valence-electron chi connectivity index (χ1n) is 6.04. The van der Waals surface area contributed by atoms with E-state index in [0.717, 1.165) is 23.7 Å². The van der Waals surface area contributed by atoms with Gasteiger partial charge in [0.2, 0.25) is 0 Å². The van der Waals surface area contributed by atoms with Gasteiger partial charge in [-0.2, -0.15) is 0 Å². The van der Waals surface area contributed by atoms with Gasteiger partial charge in [-0.15, -0.1) is 0 Å². The second-order valence-electron chi connectivity index (χ2n) is 5.02. The van der Waals surface area contributed by atoms with Crippen LogP contribution in [0.1, 0.15) is 60.8 Å². The van der Waals surface area contributed by atoms with Crippen LogP contribution in [0.2, 0.25) is 0 Å². The maximum atomic E-state index is 2.38. The molecule has 0 aliphatic carbocycles. The molecule has 0 rings (SSSR count). The zero-order chi connectivity index (χ0) is 10.4. The molecule has 0 saturated carbocycles. The molecule has 0 aliphatic heterocycles. The fourth-order valence-corrected chi connectivity index (χ4v) is 2.90. The highest BCUT2D eigenvalue weighted by atomic mass is 14.3. The maximum absolute atomic E-state index is 2.38. The second kappa shape index (κ2) is 6.45. The van der Waals surface area contributed by atoms with Crippen LogP contribution >= 0.6 is 0 Å². The Hall–Kier alpha value is 0. The minimum atomic E-state index is 0.844. The van der Waals surface area contributed by atoms with Crippen LogP contribution in [0.3, 0.4) is 0 Å². The lowest BCUT2D eigenvalue weighted by atomic mass is 9.73. The third kappa shape index (κ3) is 4.15. The Morgan fingerprint density at radius 2 is 1.31 bits per heavy atom. The summed E-state index contributed by atoms with van der Waals surface area (Å²) in [5, 5.41) is 0. The van der Waals surface area contributed by atoms with E-state index in [9.17, 15) is 0 Å². The molecule has 0 bridgehead atoms. The van der Waals surface area contributed by atoms with Crippen LogP contribution < -0.4 is 0 Å². The van der Waals surface area contributed by atoms with Gasteiger partial charge in [-0.05, 0) is 23.7 Å². The third-order valence-electron chi connectivity index (χ3n) is 3.27. The van der Waals surface area contributed by atoms with Gasteiger partial charge in [0.05, 0.1) is 0 Å². The summed E-state index contributed by atoms with van der Waals surface area (Å²) < 4.78 is 0. The van der Waals surface area contributed by atoms with E-state index in [1.807, 2.05) is 0 Å². The van der Waals surface area contributed by atoms with E-state index in [4.69, 9.17) is 0 Å². The van der Waals surface area contributed by atoms with E-state index in [-0.39, 0.29) is 0 Å². The molecule has 13 heavy (non-hydrogen) atoms. The average molecular weight is 184 g/mol. The van der Waals surface area contributed by atoms with E-state index in [2.05, 4.69) is 41.5 Å². The van der Waals surface area contributed by atoms with Gasteiger partial charge in [-0.25, -0.2) is 0 Å². The summed E-state index contributed by atoms with van der Waals surface area (Å²) in [6, 6.07) is 0. The van der Waals surface area contributed by atoms with Gasteiger partial charge in [0.1, 0.15) is 0 Å². The van der Waals surface area contributed by atoms with Crippen molar-refractivity contribution in [3.05, 3.63) is 0 Å². The number of hydrogen-bond acceptors (Lipinski definition) is 0. The Bertz CT molecular complexity index is 105. The first-order valence-corrected chi connectivity index (χ1v) is 6.04. The molecule has 0 N–H and O–H groups in total. The summed E-state index contributed by atoms with van der Waals surface area (Å²) >= 11 is 0. The topological polar surface area (TPSA) is 0 Å². The van der Waals surface area contributed by atoms with Gasteiger partial charge in [0, 0.05) is 0 Å². The molecular weight excluding hydrogens is 156 g/mol. The van der Waals surface area contributed by atoms with Crippen LogP contribution in [0.15, 0.2) is 0 Å². The summed E-state index contributed by atoms with van der Waals surface area (Å²) in [6.45, 7) is 14.2. The van der Waals surface area contributed by atoms with Crippen LogP contribution in [0, 0.1) is 23.7 Å². The lowest BCUT2D eigenvalue weighted by Gasteiger charge is -2.32. The fraction of sp³-hybridized carbons (Fsp3) is 1.00. The van der Waals surface area contributed by atoms with Crippen LogP contribution in [-0.2, 0) is 0 Å². The van der Waals surface area contributed by atoms with Crippen molar-refractivity contribution in [3.63, 3.8) is 0 Å². The zero-order valence-electron chi connectivity index (χ0n) is 10.4. The largest absolute Gasteiger partial charge is 0.0654 e. The van der Waals surface area contributed by atoms with E-state index < -0.39 is 0 Å². The highest BCUT2D eigenvalue weighted by Crippen LogP contribution is 2.33. The molecule has 1 unspecified atom stereocenters. The molecule has 0 saturated heterocycles. The lowest BCUT2D eigenvalue weighted by Crippen LogP contribution is -2.25. The van der Waals surface area contributed by atoms with Crippen molar-refractivity contribution in [3.8, 4) is 0 Å². The lowest BCUT2D eigenvalue weighted by molar-refractivity contribution is 0.170. The minimum absolute atomic E-state index is 0.844. The predicted molar refractivity (Wildman–Crippen MR) is 61.9 cm³/mol. The molecule has 0 heteroatoms. The molecule has 0 radical (unpaired) electrons. The Morgan fingerprint density at radius 3 is 1.54 bits per heavy atom. The highest BCUT2D eigenvalue weighted by molar-refractivity contribution is 4.74. The van der Waals surface area contributed by atoms with Crippen LogP contribution in [0.25, 0.3) is 0 Å². The van der Waals surface area contributed by atoms with E-state index in [0.29, 0.717) is 0 Å². The second-order valence-corrected chi connectivity index (χ2v) is 5.02. The van der Waals surface area contributed by atoms with Gasteiger partial charge in [-0.1, -0.05) is 60.8 Å². The SMILES string of the molecule is CCCC(CC)C(C(C)C)C(C)C. The molecule has 0 aromatic carbocycles. The van der Waals surface area contributed by atoms with Crippen molar-refractivity contribution in [2.45, 2.75) is 60.8 Å². The van der Waals surface area contributed by atoms with Crippen molar-refractivity contribution < 1.29 is 0 Å². The molecule has 0 spiro atoms. The summed E-state index contributed by atoms with van der Waals surface area (Å²) in [6.07, 6.45) is 4.11. The fourth-order valence-electron chi connectivity index (χ4n) is 2.90. The molecule has 0 aromatic rings. The quantitative estimate of drug-likeness (QED) is 0.559. The van der Waals surface area contributed by atoms with E-state index >= 15 is 0 Å². The van der Waals surface area contributed by atoms with Gasteiger partial charge in [-0.3, -0.25) is 0 Å². The molecular formula is C13H28. The Kier molecular flexibility index (Phi) is 6.45. The van der Waals surface area contributed by atoms with Crippen molar-refractivity contribution in [1.82, 2.24) is 0 Å². The van der Waals surface area contributed by atoms with Crippen molar-refractivity contribution in [2.24, 2.45) is 23.7 Å². The highest BCUT2D eigenvalue weighted by Gasteiger charge is 2.24. The predicted octanol–water partition coefficient (Wildman–Crippen LogP) is 4.74. The van der Waals surface area contributed by atoms with Crippen LogP contribution in [-0.4, -0.2) is 0 Å². The summed E-state index contributed by atoms with van der Waals surface area (Å²) in [5.41, 5.74) is 0. The number of hydrogen-bond donors (Lipinski definition) is 0. The monoisotopic (exact) mass is 184 g/mol. The van der Waals surface area contributed by atoms with Crippen molar-refractivity contribution in [1.29, 1.82) is 0 Å². The third-order valence-corrected chi connectivity index (χ3v) is 3.27. The summed E-state index contributed by atoms with van der Waals surface area (Å²) in [4.78, 5) is 0. The Balaban J connectivity index is 4.30. The molecule has 0 fully saturated rings. The van der Waals surface area contributed by atoms with Gasteiger partial charge in [0.15, 0.2) is 0 Å². The summed E-state index contributed by atoms with van der Waals surface area (Å²) in [5.74, 6) is 3.56. The minimum Gasteiger partial charge on any atom is -0.0654 e. The first-order chi connectivity index (χ1) is 6.04. The normalized spacial score (nSPS) is 14.5. The molecule has 0 heterocycles.